The van der Waals surface area contributed by atoms with Gasteiger partial charge in [0.25, 0.3) is 5.91 Å². The average molecular weight is 444 g/mol. The molecule has 1 saturated heterocycles. The number of halogens is 2. The van der Waals surface area contributed by atoms with Crippen LogP contribution in [0, 0.1) is 6.92 Å². The maximum absolute atomic E-state index is 12.6. The molecule has 28 heavy (non-hydrogen) atoms. The number of hydrogen-bond acceptors (Lipinski definition) is 6. The lowest BCUT2D eigenvalue weighted by molar-refractivity contribution is 0.0701. The van der Waals surface area contributed by atoms with E-state index in [0.29, 0.717) is 30.3 Å². The molecule has 1 aliphatic heterocycles. The topological polar surface area (TPSA) is 147 Å². The molecule has 0 saturated carbocycles. The predicted molar refractivity (Wildman–Crippen MR) is 106 cm³/mol. The van der Waals surface area contributed by atoms with Crippen molar-refractivity contribution in [1.82, 2.24) is 15.3 Å². The number of thiazole rings is 1. The third kappa shape index (κ3) is 4.02. The number of carbonyl (C=O) groups is 2. The van der Waals surface area contributed by atoms with Gasteiger partial charge in [0.15, 0.2) is 5.13 Å². The van der Waals surface area contributed by atoms with Crippen LogP contribution in [0.25, 0.3) is 10.4 Å². The van der Waals surface area contributed by atoms with E-state index in [-0.39, 0.29) is 20.6 Å². The molecule has 0 unspecified atom stereocenters. The Morgan fingerprint density at radius 2 is 2.25 bits per heavy atom. The summed E-state index contributed by atoms with van der Waals surface area (Å²) in [5, 5.41) is 16.6. The minimum absolute atomic E-state index is 0.124. The van der Waals surface area contributed by atoms with Gasteiger partial charge in [0.05, 0.1) is 22.3 Å². The van der Waals surface area contributed by atoms with Gasteiger partial charge in [-0.05, 0) is 18.9 Å². The fourth-order valence-corrected chi connectivity index (χ4v) is 4.14. The van der Waals surface area contributed by atoms with Crippen LogP contribution >= 0.6 is 34.5 Å². The van der Waals surface area contributed by atoms with E-state index in [2.05, 4.69) is 25.3 Å². The third-order valence-electron chi connectivity index (χ3n) is 4.35. The Bertz CT molecular complexity index is 969. The molecule has 0 aliphatic carbocycles. The fourth-order valence-electron chi connectivity index (χ4n) is 2.94. The zero-order chi connectivity index (χ0) is 20.4. The Morgan fingerprint density at radius 3 is 2.82 bits per heavy atom. The highest BCUT2D eigenvalue weighted by Crippen LogP contribution is 2.30. The van der Waals surface area contributed by atoms with E-state index in [1.165, 1.54) is 6.20 Å². The van der Waals surface area contributed by atoms with Crippen molar-refractivity contribution in [2.45, 2.75) is 25.4 Å². The van der Waals surface area contributed by atoms with E-state index >= 15 is 0 Å². The van der Waals surface area contributed by atoms with E-state index < -0.39 is 24.0 Å². The number of carboxylic acid groups (broad SMARTS) is 1. The van der Waals surface area contributed by atoms with Crippen LogP contribution in [0.1, 0.15) is 32.3 Å². The van der Waals surface area contributed by atoms with Crippen LogP contribution in [0.3, 0.4) is 0 Å². The molecule has 0 spiro atoms. The standard InChI is InChI=1S/C15H15Cl2N7O3S/c1-6-10(16)11(17)12(20-6)13(25)21-7-2-3-24(5-8(7)22-23-18)15-19-4-9(28-15)14(26)27/h4,7-8,20H,2-3,5H2,1H3,(H,21,25)(H,26,27)/t7-,8+/m1/s1. The normalized spacial score (nSPS) is 19.2. The number of amides is 1. The molecule has 0 bridgehead atoms. The zero-order valence-corrected chi connectivity index (χ0v) is 16.8. The number of aromatic nitrogens is 2. The summed E-state index contributed by atoms with van der Waals surface area (Å²) in [7, 11) is 0. The largest absolute Gasteiger partial charge is 0.477 e. The summed E-state index contributed by atoms with van der Waals surface area (Å²) in [6, 6.07) is -0.984. The van der Waals surface area contributed by atoms with Gasteiger partial charge in [0, 0.05) is 29.7 Å². The van der Waals surface area contributed by atoms with Gasteiger partial charge < -0.3 is 20.3 Å². The quantitative estimate of drug-likeness (QED) is 0.367. The molecule has 148 valence electrons. The number of piperidine rings is 1. The number of H-pyrrole nitrogens is 1. The van der Waals surface area contributed by atoms with E-state index in [0.717, 1.165) is 11.3 Å². The molecular weight excluding hydrogens is 429 g/mol. The van der Waals surface area contributed by atoms with E-state index in [4.69, 9.17) is 33.8 Å². The first-order chi connectivity index (χ1) is 13.3. The van der Waals surface area contributed by atoms with Crippen LogP contribution in [0.4, 0.5) is 5.13 Å². The number of carboxylic acids is 1. The number of azide groups is 1. The lowest BCUT2D eigenvalue weighted by atomic mass is 10.00. The summed E-state index contributed by atoms with van der Waals surface area (Å²) < 4.78 is 0. The fraction of sp³-hybridized carbons (Fsp3) is 0.400. The summed E-state index contributed by atoms with van der Waals surface area (Å²) in [5.74, 6) is -1.49. The molecule has 0 aromatic carbocycles. The van der Waals surface area contributed by atoms with Crippen LogP contribution < -0.4 is 10.2 Å². The molecule has 1 amide bonds. The molecule has 2 aromatic heterocycles. The minimum Gasteiger partial charge on any atom is -0.477 e. The van der Waals surface area contributed by atoms with Crippen LogP contribution in [0.5, 0.6) is 0 Å². The summed E-state index contributed by atoms with van der Waals surface area (Å²) >= 11 is 13.1. The van der Waals surface area contributed by atoms with E-state index in [9.17, 15) is 9.59 Å². The number of carbonyl (C=O) groups excluding carboxylic acids is 1. The maximum atomic E-state index is 12.6. The highest BCUT2D eigenvalue weighted by molar-refractivity contribution is 7.17. The number of rotatable bonds is 5. The minimum atomic E-state index is -1.05. The van der Waals surface area contributed by atoms with E-state index in [1.807, 2.05) is 4.90 Å². The Balaban J connectivity index is 1.74. The number of aromatic carboxylic acids is 1. The molecule has 3 N–H and O–H groups in total. The van der Waals surface area contributed by atoms with Gasteiger partial charge in [-0.3, -0.25) is 4.79 Å². The first-order valence-corrected chi connectivity index (χ1v) is 9.71. The number of nitrogens with zero attached hydrogens (tertiary/aromatic N) is 5. The van der Waals surface area contributed by atoms with Crippen molar-refractivity contribution in [2.75, 3.05) is 18.0 Å². The first kappa shape index (κ1) is 20.3. The SMILES string of the molecule is Cc1[nH]c(C(=O)N[C@@H]2CCN(c3ncc(C(=O)O)s3)C[C@@H]2N=[N+]=[N-])c(Cl)c1Cl. The molecule has 1 aliphatic rings. The molecule has 0 radical (unpaired) electrons. The maximum Gasteiger partial charge on any atom is 0.347 e. The Labute approximate surface area is 173 Å². The lowest BCUT2D eigenvalue weighted by Crippen LogP contribution is -2.53. The summed E-state index contributed by atoms with van der Waals surface area (Å²) in [5.41, 5.74) is 9.63. The average Bonchev–Trinajstić information content (AvgIpc) is 3.25. The molecule has 10 nitrogen and oxygen atoms in total. The van der Waals surface area contributed by atoms with Crippen molar-refractivity contribution in [3.8, 4) is 0 Å². The van der Waals surface area contributed by atoms with Crippen LogP contribution in [0.15, 0.2) is 11.3 Å². The Hall–Kier alpha value is -2.46. The van der Waals surface area contributed by atoms with Gasteiger partial charge in [0.2, 0.25) is 0 Å². The number of aromatic amines is 1. The van der Waals surface area contributed by atoms with Gasteiger partial charge >= 0.3 is 5.97 Å². The number of anilines is 1. The van der Waals surface area contributed by atoms with Crippen LogP contribution in [-0.2, 0) is 0 Å². The number of hydrogen-bond donors (Lipinski definition) is 3. The monoisotopic (exact) mass is 443 g/mol. The van der Waals surface area contributed by atoms with Crippen molar-refractivity contribution >= 4 is 51.5 Å². The van der Waals surface area contributed by atoms with Crippen molar-refractivity contribution < 1.29 is 14.7 Å². The molecule has 1 fully saturated rings. The molecular formula is C15H15Cl2N7O3S. The van der Waals surface area contributed by atoms with Crippen molar-refractivity contribution in [3.05, 3.63) is 42.9 Å². The van der Waals surface area contributed by atoms with Crippen molar-refractivity contribution in [1.29, 1.82) is 0 Å². The highest BCUT2D eigenvalue weighted by atomic mass is 35.5. The Kier molecular flexibility index (Phi) is 5.99. The highest BCUT2D eigenvalue weighted by Gasteiger charge is 2.32. The molecule has 3 rings (SSSR count). The predicted octanol–water partition coefficient (Wildman–Crippen LogP) is 3.47. The first-order valence-electron chi connectivity index (χ1n) is 8.14. The molecule has 13 heteroatoms. The van der Waals surface area contributed by atoms with Gasteiger partial charge in [0.1, 0.15) is 10.6 Å². The molecule has 3 heterocycles. The summed E-state index contributed by atoms with van der Waals surface area (Å²) in [6.45, 7) is 2.50. The van der Waals surface area contributed by atoms with Crippen molar-refractivity contribution in [3.63, 3.8) is 0 Å². The number of aryl methyl sites for hydroxylation is 1. The molecule has 2 atom stereocenters. The second-order valence-corrected chi connectivity index (χ2v) is 7.92. The molecule has 2 aromatic rings. The second-order valence-electron chi connectivity index (χ2n) is 6.15. The van der Waals surface area contributed by atoms with Gasteiger partial charge in [-0.1, -0.05) is 39.7 Å². The summed E-state index contributed by atoms with van der Waals surface area (Å²) in [6.07, 6.45) is 1.76. The van der Waals surface area contributed by atoms with E-state index in [1.54, 1.807) is 6.92 Å². The Morgan fingerprint density at radius 1 is 1.50 bits per heavy atom. The van der Waals surface area contributed by atoms with Crippen molar-refractivity contribution in [2.24, 2.45) is 5.11 Å². The lowest BCUT2D eigenvalue weighted by Gasteiger charge is -2.36. The van der Waals surface area contributed by atoms with Crippen LogP contribution in [-0.4, -0.2) is 52.1 Å². The van der Waals surface area contributed by atoms with Crippen LogP contribution in [0.2, 0.25) is 10.0 Å². The third-order valence-corrected chi connectivity index (χ3v) is 6.35. The smallest absolute Gasteiger partial charge is 0.347 e. The van der Waals surface area contributed by atoms with Gasteiger partial charge in [-0.25, -0.2) is 9.78 Å². The zero-order valence-electron chi connectivity index (χ0n) is 14.5. The van der Waals surface area contributed by atoms with Gasteiger partial charge in [-0.15, -0.1) is 0 Å². The van der Waals surface area contributed by atoms with Gasteiger partial charge in [-0.2, -0.15) is 0 Å². The summed E-state index contributed by atoms with van der Waals surface area (Å²) in [4.78, 5) is 35.4. The number of nitrogens with one attached hydrogen (secondary N) is 2. The second kappa shape index (κ2) is 8.27.